The van der Waals surface area contributed by atoms with Gasteiger partial charge in [0, 0.05) is 13.0 Å². The van der Waals surface area contributed by atoms with Crippen LogP contribution >= 0.6 is 12.6 Å². The number of carbonyl (C=O) groups excluding carboxylic acids is 1. The average Bonchev–Trinajstić information content (AvgIpc) is 3.05. The van der Waals surface area contributed by atoms with E-state index in [1.807, 2.05) is 18.4 Å². The van der Waals surface area contributed by atoms with E-state index in [9.17, 15) is 14.0 Å². The quantitative estimate of drug-likeness (QED) is 0.465. The van der Waals surface area contributed by atoms with Crippen LogP contribution < -0.4 is 5.32 Å². The maximum Gasteiger partial charge on any atom is 0.338 e. The first kappa shape index (κ1) is 23.9. The molecule has 2 rings (SSSR count). The number of nitrogens with one attached hydrogen (secondary N) is 1. The number of rotatable bonds is 11. The minimum atomic E-state index is -1.29. The molecule has 2 aromatic rings. The number of imidazole rings is 1. The number of hydrogen-bond donors (Lipinski definition) is 3. The van der Waals surface area contributed by atoms with Crippen molar-refractivity contribution in [3.05, 3.63) is 52.9 Å². The van der Waals surface area contributed by atoms with Crippen LogP contribution in [0.5, 0.6) is 0 Å². The first-order valence-electron chi connectivity index (χ1n) is 10.2. The Morgan fingerprint density at radius 2 is 2.07 bits per heavy atom. The number of hydrogen-bond acceptors (Lipinski definition) is 4. The molecule has 0 radical (unpaired) electrons. The largest absolute Gasteiger partial charge is 0.478 e. The van der Waals surface area contributed by atoms with E-state index in [0.29, 0.717) is 31.0 Å². The summed E-state index contributed by atoms with van der Waals surface area (Å²) >= 11 is 4.38. The number of carboxylic acids is 1. The van der Waals surface area contributed by atoms with Crippen molar-refractivity contribution in [1.82, 2.24) is 14.9 Å². The zero-order valence-corrected chi connectivity index (χ0v) is 18.6. The van der Waals surface area contributed by atoms with Crippen LogP contribution in [0, 0.1) is 11.7 Å². The predicted molar refractivity (Wildman–Crippen MR) is 117 cm³/mol. The Morgan fingerprint density at radius 1 is 1.33 bits per heavy atom. The van der Waals surface area contributed by atoms with Crippen molar-refractivity contribution in [3.63, 3.8) is 0 Å². The zero-order valence-electron chi connectivity index (χ0n) is 17.7. The summed E-state index contributed by atoms with van der Waals surface area (Å²) in [5, 5.41) is 11.5. The highest BCUT2D eigenvalue weighted by Gasteiger charge is 2.17. The number of nitrogens with zero attached hydrogens (tertiary/aromatic N) is 2. The average molecular weight is 436 g/mol. The molecule has 2 N–H and O–H groups in total. The number of aryl methyl sites for hydroxylation is 1. The third-order valence-corrected chi connectivity index (χ3v) is 5.27. The van der Waals surface area contributed by atoms with Crippen LogP contribution in [0.15, 0.2) is 24.4 Å². The molecule has 164 valence electrons. The van der Waals surface area contributed by atoms with Crippen LogP contribution in [0.25, 0.3) is 0 Å². The van der Waals surface area contributed by atoms with Crippen molar-refractivity contribution in [2.24, 2.45) is 5.92 Å². The van der Waals surface area contributed by atoms with E-state index >= 15 is 0 Å². The number of aromatic nitrogens is 2. The van der Waals surface area contributed by atoms with Gasteiger partial charge in [0.2, 0.25) is 5.91 Å². The molecule has 1 heterocycles. The summed E-state index contributed by atoms with van der Waals surface area (Å²) in [7, 11) is 0. The monoisotopic (exact) mass is 435 g/mol. The molecule has 0 fully saturated rings. The van der Waals surface area contributed by atoms with E-state index in [4.69, 9.17) is 5.11 Å². The topological polar surface area (TPSA) is 84.2 Å². The van der Waals surface area contributed by atoms with E-state index in [-0.39, 0.29) is 16.7 Å². The molecule has 6 nitrogen and oxygen atoms in total. The van der Waals surface area contributed by atoms with Crippen LogP contribution in [0.2, 0.25) is 0 Å². The maximum atomic E-state index is 14.1. The van der Waals surface area contributed by atoms with Gasteiger partial charge < -0.3 is 15.0 Å². The lowest BCUT2D eigenvalue weighted by atomic mass is 10.1. The molecule has 1 atom stereocenters. The second-order valence-corrected chi connectivity index (χ2v) is 8.46. The number of halogens is 1. The number of amides is 1. The van der Waals surface area contributed by atoms with Crippen molar-refractivity contribution in [1.29, 1.82) is 0 Å². The highest BCUT2D eigenvalue weighted by Crippen LogP contribution is 2.17. The Labute approximate surface area is 182 Å². The van der Waals surface area contributed by atoms with Crippen LogP contribution in [0.1, 0.15) is 67.5 Å². The number of thiol groups is 1. The van der Waals surface area contributed by atoms with E-state index in [1.54, 1.807) is 12.3 Å². The molecule has 0 saturated carbocycles. The van der Waals surface area contributed by atoms with Gasteiger partial charge in [-0.3, -0.25) is 4.79 Å². The van der Waals surface area contributed by atoms with Crippen LogP contribution in [0.4, 0.5) is 4.39 Å². The molecule has 1 unspecified atom stereocenters. The van der Waals surface area contributed by atoms with Gasteiger partial charge >= 0.3 is 5.97 Å². The van der Waals surface area contributed by atoms with Gasteiger partial charge in [0.15, 0.2) is 0 Å². The van der Waals surface area contributed by atoms with Gasteiger partial charge in [-0.15, -0.1) is 0 Å². The molecule has 30 heavy (non-hydrogen) atoms. The van der Waals surface area contributed by atoms with Gasteiger partial charge in [-0.05, 0) is 36.5 Å². The van der Waals surface area contributed by atoms with Crippen molar-refractivity contribution in [3.8, 4) is 0 Å². The van der Waals surface area contributed by atoms with Gasteiger partial charge in [-0.25, -0.2) is 14.2 Å². The third kappa shape index (κ3) is 6.58. The lowest BCUT2D eigenvalue weighted by Gasteiger charge is -2.16. The Kier molecular flexibility index (Phi) is 8.89. The van der Waals surface area contributed by atoms with E-state index < -0.39 is 11.8 Å². The molecule has 0 saturated heterocycles. The second kappa shape index (κ2) is 11.2. The molecule has 1 aromatic heterocycles. The van der Waals surface area contributed by atoms with Crippen molar-refractivity contribution < 1.29 is 19.1 Å². The minimum Gasteiger partial charge on any atom is -0.478 e. The summed E-state index contributed by atoms with van der Waals surface area (Å²) in [5.74, 6) is -0.971. The molecule has 0 aliphatic carbocycles. The normalized spacial score (nSPS) is 12.2. The van der Waals surface area contributed by atoms with Gasteiger partial charge in [0.1, 0.15) is 11.6 Å². The number of aromatic carboxylic acids is 1. The lowest BCUT2D eigenvalue weighted by Crippen LogP contribution is -2.32. The molecule has 1 aromatic carbocycles. The van der Waals surface area contributed by atoms with Gasteiger partial charge in [-0.1, -0.05) is 33.3 Å². The van der Waals surface area contributed by atoms with Crippen LogP contribution in [0.3, 0.4) is 0 Å². The highest BCUT2D eigenvalue weighted by atomic mass is 32.1. The molecule has 8 heteroatoms. The fourth-order valence-corrected chi connectivity index (χ4v) is 3.70. The van der Waals surface area contributed by atoms with E-state index in [0.717, 1.165) is 30.8 Å². The highest BCUT2D eigenvalue weighted by molar-refractivity contribution is 7.81. The molecule has 0 aliphatic heterocycles. The van der Waals surface area contributed by atoms with Gasteiger partial charge in [-0.2, -0.15) is 12.6 Å². The summed E-state index contributed by atoms with van der Waals surface area (Å²) in [5.41, 5.74) is 1.09. The van der Waals surface area contributed by atoms with Crippen molar-refractivity contribution in [2.75, 3.05) is 0 Å². The number of carbonyl (C=O) groups is 2. The molecular weight excluding hydrogens is 405 g/mol. The summed E-state index contributed by atoms with van der Waals surface area (Å²) in [4.78, 5) is 27.9. The first-order chi connectivity index (χ1) is 14.2. The second-order valence-electron chi connectivity index (χ2n) is 7.84. The SMILES string of the molecule is CCCCc1ncc(CNC(=O)C(S)CC(C)C)n1Cc1ccc(C(=O)O)c(F)c1. The Balaban J connectivity index is 2.20. The summed E-state index contributed by atoms with van der Waals surface area (Å²) in [6, 6.07) is 4.11. The van der Waals surface area contributed by atoms with Crippen molar-refractivity contribution in [2.45, 2.75) is 64.8 Å². The fraction of sp³-hybridized carbons (Fsp3) is 0.500. The Morgan fingerprint density at radius 3 is 2.67 bits per heavy atom. The predicted octanol–water partition coefficient (Wildman–Crippen LogP) is 4.07. The van der Waals surface area contributed by atoms with Crippen LogP contribution in [-0.4, -0.2) is 31.8 Å². The minimum absolute atomic E-state index is 0.133. The molecule has 0 aliphatic rings. The smallest absolute Gasteiger partial charge is 0.338 e. The molecule has 1 amide bonds. The number of carboxylic acid groups (broad SMARTS) is 1. The molecular formula is C22H30FN3O3S. The Hall–Kier alpha value is -2.35. The first-order valence-corrected chi connectivity index (χ1v) is 10.7. The van der Waals surface area contributed by atoms with Gasteiger partial charge in [0.25, 0.3) is 0 Å². The zero-order chi connectivity index (χ0) is 22.3. The van der Waals surface area contributed by atoms with Gasteiger partial charge in [0.05, 0.1) is 29.2 Å². The third-order valence-electron chi connectivity index (χ3n) is 4.82. The lowest BCUT2D eigenvalue weighted by molar-refractivity contribution is -0.121. The standard InChI is InChI=1S/C22H30FN3O3S/c1-4-5-6-20-24-11-16(12-25-21(27)19(30)9-14(2)3)26(20)13-15-7-8-17(22(28)29)18(23)10-15/h7-8,10-11,14,19,30H,4-6,9,12-13H2,1-3H3,(H,25,27)(H,28,29). The summed E-state index contributed by atoms with van der Waals surface area (Å²) < 4.78 is 16.1. The Bertz CT molecular complexity index is 883. The fourth-order valence-electron chi connectivity index (χ4n) is 3.18. The summed E-state index contributed by atoms with van der Waals surface area (Å²) in [6.07, 6.45) is 5.15. The number of benzene rings is 1. The van der Waals surface area contributed by atoms with Crippen molar-refractivity contribution >= 4 is 24.5 Å². The molecule has 0 bridgehead atoms. The number of unbranched alkanes of at least 4 members (excludes halogenated alkanes) is 1. The maximum absolute atomic E-state index is 14.1. The molecule has 0 spiro atoms. The van der Waals surface area contributed by atoms with E-state index in [2.05, 4.69) is 29.9 Å². The van der Waals surface area contributed by atoms with Crippen LogP contribution in [-0.2, 0) is 24.3 Å². The van der Waals surface area contributed by atoms with E-state index in [1.165, 1.54) is 12.1 Å². The summed E-state index contributed by atoms with van der Waals surface area (Å²) in [6.45, 7) is 6.82.